The van der Waals surface area contributed by atoms with Crippen molar-refractivity contribution in [1.29, 1.82) is 5.26 Å². The number of halogens is 1. The number of hydrogen-bond donors (Lipinski definition) is 2. The molecule has 0 aliphatic carbocycles. The normalized spacial score (nSPS) is 21.3. The van der Waals surface area contributed by atoms with E-state index in [4.69, 9.17) is 5.26 Å². The first kappa shape index (κ1) is 20.9. The molecule has 0 radical (unpaired) electrons. The second-order valence-electron chi connectivity index (χ2n) is 8.15. The summed E-state index contributed by atoms with van der Waals surface area (Å²) in [6.07, 6.45) is -0.387. The van der Waals surface area contributed by atoms with Gasteiger partial charge in [0.2, 0.25) is 0 Å². The maximum atomic E-state index is 13.8. The van der Waals surface area contributed by atoms with Crippen LogP contribution in [0.2, 0.25) is 0 Å². The monoisotopic (exact) mass is 410 g/mol. The quantitative estimate of drug-likeness (QED) is 0.752. The fourth-order valence-corrected chi connectivity index (χ4v) is 4.38. The van der Waals surface area contributed by atoms with Gasteiger partial charge in [-0.05, 0) is 35.2 Å². The first-order chi connectivity index (χ1) is 14.5. The highest BCUT2D eigenvalue weighted by atomic mass is 19.1. The van der Waals surface area contributed by atoms with Crippen LogP contribution in [-0.2, 0) is 19.5 Å². The van der Waals surface area contributed by atoms with Crippen molar-refractivity contribution in [3.05, 3.63) is 70.5 Å². The molecule has 6 nitrogen and oxygen atoms in total. The van der Waals surface area contributed by atoms with Crippen molar-refractivity contribution in [2.24, 2.45) is 0 Å². The van der Waals surface area contributed by atoms with Crippen LogP contribution in [0.3, 0.4) is 0 Å². The van der Waals surface area contributed by atoms with Gasteiger partial charge >= 0.3 is 0 Å². The summed E-state index contributed by atoms with van der Waals surface area (Å²) in [4.78, 5) is 5.94. The summed E-state index contributed by atoms with van der Waals surface area (Å²) in [6.45, 7) is 4.38. The third-order valence-corrected chi connectivity index (χ3v) is 5.99. The van der Waals surface area contributed by atoms with Crippen molar-refractivity contribution in [3.8, 4) is 6.07 Å². The topological polar surface area (TPSA) is 74.0 Å². The molecular formula is C23H27FN4O2. The minimum Gasteiger partial charge on any atom is -0.390 e. The van der Waals surface area contributed by atoms with E-state index in [1.165, 1.54) is 23.3 Å². The summed E-state index contributed by atoms with van der Waals surface area (Å²) in [5.74, 6) is -0.543. The number of aliphatic hydroxyl groups is 2. The Labute approximate surface area is 176 Å². The molecule has 2 aromatic carbocycles. The Morgan fingerprint density at radius 1 is 1.07 bits per heavy atom. The summed E-state index contributed by atoms with van der Waals surface area (Å²) in [7, 11) is 0. The molecule has 0 spiro atoms. The lowest BCUT2D eigenvalue weighted by atomic mass is 10.00. The first-order valence-corrected chi connectivity index (χ1v) is 10.4. The number of fused-ring (bicyclic) bond motifs is 1. The molecule has 30 heavy (non-hydrogen) atoms. The Morgan fingerprint density at radius 2 is 1.83 bits per heavy atom. The molecule has 2 N–H and O–H groups in total. The molecule has 2 aromatic rings. The molecule has 0 saturated carbocycles. The first-order valence-electron chi connectivity index (χ1n) is 10.4. The van der Waals surface area contributed by atoms with Gasteiger partial charge < -0.3 is 10.2 Å². The Kier molecular flexibility index (Phi) is 6.42. The fourth-order valence-electron chi connectivity index (χ4n) is 4.38. The van der Waals surface area contributed by atoms with Crippen LogP contribution in [0.25, 0.3) is 0 Å². The van der Waals surface area contributed by atoms with Crippen molar-refractivity contribution >= 4 is 0 Å². The highest BCUT2D eigenvalue weighted by molar-refractivity contribution is 5.33. The van der Waals surface area contributed by atoms with Crippen LogP contribution in [0.1, 0.15) is 22.3 Å². The zero-order valence-electron chi connectivity index (χ0n) is 16.9. The summed E-state index contributed by atoms with van der Waals surface area (Å²) in [5.41, 5.74) is 3.43. The second-order valence-corrected chi connectivity index (χ2v) is 8.15. The van der Waals surface area contributed by atoms with Gasteiger partial charge in [-0.1, -0.05) is 30.3 Å². The molecule has 7 heteroatoms. The zero-order chi connectivity index (χ0) is 21.1. The van der Waals surface area contributed by atoms with Crippen molar-refractivity contribution in [1.82, 2.24) is 14.7 Å². The van der Waals surface area contributed by atoms with Crippen LogP contribution < -0.4 is 0 Å². The summed E-state index contributed by atoms with van der Waals surface area (Å²) >= 11 is 0. The minimum absolute atomic E-state index is 0.0193. The van der Waals surface area contributed by atoms with Gasteiger partial charge in [0.1, 0.15) is 11.9 Å². The van der Waals surface area contributed by atoms with Gasteiger partial charge in [0, 0.05) is 45.8 Å². The van der Waals surface area contributed by atoms with Crippen LogP contribution >= 0.6 is 0 Å². The maximum absolute atomic E-state index is 13.8. The van der Waals surface area contributed by atoms with Crippen molar-refractivity contribution in [2.75, 3.05) is 32.7 Å². The van der Waals surface area contributed by atoms with E-state index in [2.05, 4.69) is 23.1 Å². The standard InChI is InChI=1S/C23H27FN4O2/c24-22-11-17(5-6-19(22)12-25)13-27-9-10-28(23(27)30)16-21(29)15-26-8-7-18-3-1-2-4-20(18)14-26/h1-6,11,21,23,29-30H,7-10,13-16H2. The zero-order valence-corrected chi connectivity index (χ0v) is 16.9. The van der Waals surface area contributed by atoms with Gasteiger partial charge in [-0.25, -0.2) is 4.39 Å². The van der Waals surface area contributed by atoms with Gasteiger partial charge in [-0.3, -0.25) is 14.7 Å². The van der Waals surface area contributed by atoms with Crippen LogP contribution in [0.5, 0.6) is 0 Å². The maximum Gasteiger partial charge on any atom is 0.166 e. The number of benzene rings is 2. The van der Waals surface area contributed by atoms with E-state index < -0.39 is 18.3 Å². The number of nitrogens with zero attached hydrogens (tertiary/aromatic N) is 4. The molecule has 0 bridgehead atoms. The molecule has 2 aliphatic heterocycles. The minimum atomic E-state index is -0.819. The van der Waals surface area contributed by atoms with Gasteiger partial charge in [-0.15, -0.1) is 0 Å². The van der Waals surface area contributed by atoms with Crippen LogP contribution in [0, 0.1) is 17.1 Å². The molecule has 1 fully saturated rings. The third-order valence-electron chi connectivity index (χ3n) is 5.99. The van der Waals surface area contributed by atoms with E-state index >= 15 is 0 Å². The SMILES string of the molecule is N#Cc1ccc(CN2CCN(CC(O)CN3CCc4ccccc4C3)C2O)cc1F. The smallest absolute Gasteiger partial charge is 0.166 e. The van der Waals surface area contributed by atoms with Gasteiger partial charge in [0.25, 0.3) is 0 Å². The number of hydrogen-bond acceptors (Lipinski definition) is 6. The summed E-state index contributed by atoms with van der Waals surface area (Å²) in [6, 6.07) is 14.8. The van der Waals surface area contributed by atoms with E-state index in [0.717, 1.165) is 19.5 Å². The van der Waals surface area contributed by atoms with Gasteiger partial charge in [0.15, 0.2) is 6.35 Å². The molecule has 0 amide bonds. The van der Waals surface area contributed by atoms with E-state index in [1.807, 2.05) is 21.9 Å². The third kappa shape index (κ3) is 4.69. The fraction of sp³-hybridized carbons (Fsp3) is 0.435. The second kappa shape index (κ2) is 9.21. The molecule has 2 unspecified atom stereocenters. The molecule has 2 atom stereocenters. The largest absolute Gasteiger partial charge is 0.390 e. The Hall–Kier alpha value is -2.34. The molecule has 2 heterocycles. The lowest BCUT2D eigenvalue weighted by molar-refractivity contribution is -0.0761. The number of β-amino-alcohol motifs (C(OH)–C–C–N with tert-alkyl or cyclic N) is 1. The molecule has 4 rings (SSSR count). The highest BCUT2D eigenvalue weighted by Gasteiger charge is 2.32. The number of nitriles is 1. The summed E-state index contributed by atoms with van der Waals surface area (Å²) in [5, 5.41) is 30.1. The molecule has 1 saturated heterocycles. The van der Waals surface area contributed by atoms with Crippen LogP contribution in [0.4, 0.5) is 4.39 Å². The van der Waals surface area contributed by atoms with E-state index in [1.54, 1.807) is 6.07 Å². The number of aliphatic hydroxyl groups excluding tert-OH is 2. The molecule has 0 aromatic heterocycles. The Balaban J connectivity index is 1.28. The van der Waals surface area contributed by atoms with Crippen LogP contribution in [0.15, 0.2) is 42.5 Å². The summed E-state index contributed by atoms with van der Waals surface area (Å²) < 4.78 is 13.8. The Morgan fingerprint density at radius 3 is 2.60 bits per heavy atom. The van der Waals surface area contributed by atoms with Crippen molar-refractivity contribution in [3.63, 3.8) is 0 Å². The molecular weight excluding hydrogens is 383 g/mol. The van der Waals surface area contributed by atoms with Gasteiger partial charge in [-0.2, -0.15) is 5.26 Å². The van der Waals surface area contributed by atoms with E-state index in [0.29, 0.717) is 38.3 Å². The predicted octanol–water partition coefficient (Wildman–Crippen LogP) is 1.51. The lowest BCUT2D eigenvalue weighted by Crippen LogP contribution is -2.45. The van der Waals surface area contributed by atoms with E-state index in [-0.39, 0.29) is 5.56 Å². The average Bonchev–Trinajstić information content (AvgIpc) is 3.07. The Bertz CT molecular complexity index is 932. The molecule has 2 aliphatic rings. The lowest BCUT2D eigenvalue weighted by Gasteiger charge is -2.32. The van der Waals surface area contributed by atoms with Crippen molar-refractivity contribution < 1.29 is 14.6 Å². The van der Waals surface area contributed by atoms with Gasteiger partial charge in [0.05, 0.1) is 11.7 Å². The predicted molar refractivity (Wildman–Crippen MR) is 111 cm³/mol. The van der Waals surface area contributed by atoms with Crippen LogP contribution in [-0.4, -0.2) is 70.1 Å². The van der Waals surface area contributed by atoms with E-state index in [9.17, 15) is 14.6 Å². The highest BCUT2D eigenvalue weighted by Crippen LogP contribution is 2.20. The average molecular weight is 410 g/mol. The van der Waals surface area contributed by atoms with Crippen molar-refractivity contribution in [2.45, 2.75) is 32.0 Å². The number of rotatable bonds is 6. The molecule has 158 valence electrons.